The number of rotatable bonds is 7. The molecule has 1 aliphatic heterocycles. The minimum Gasteiger partial charge on any atom is -0.351 e. The summed E-state index contributed by atoms with van der Waals surface area (Å²) in [6.07, 6.45) is 2.00. The first-order chi connectivity index (χ1) is 13.3. The van der Waals surface area contributed by atoms with E-state index >= 15 is 0 Å². The van der Waals surface area contributed by atoms with Crippen LogP contribution >= 0.6 is 0 Å². The number of sulfonamides is 2. The van der Waals surface area contributed by atoms with Crippen LogP contribution < -0.4 is 5.32 Å². The van der Waals surface area contributed by atoms with Gasteiger partial charge in [0.25, 0.3) is 0 Å². The maximum Gasteiger partial charge on any atom is 0.243 e. The third-order valence-corrected chi connectivity index (χ3v) is 9.05. The lowest BCUT2D eigenvalue weighted by Crippen LogP contribution is -2.50. The van der Waals surface area contributed by atoms with E-state index in [1.165, 1.54) is 42.7 Å². The van der Waals surface area contributed by atoms with E-state index in [1.807, 2.05) is 20.8 Å². The lowest BCUT2D eigenvalue weighted by molar-refractivity contribution is -0.127. The zero-order chi connectivity index (χ0) is 22.0. The largest absolute Gasteiger partial charge is 0.351 e. The maximum atomic E-state index is 13.0. The molecule has 1 amide bonds. The zero-order valence-electron chi connectivity index (χ0n) is 17.7. The molecule has 164 valence electrons. The fourth-order valence-corrected chi connectivity index (χ4v) is 5.47. The summed E-state index contributed by atoms with van der Waals surface area (Å²) in [5.74, 6) is -0.540. The second-order valence-corrected chi connectivity index (χ2v) is 12.3. The zero-order valence-corrected chi connectivity index (χ0v) is 19.3. The van der Waals surface area contributed by atoms with E-state index in [1.54, 1.807) is 0 Å². The Morgan fingerprint density at radius 2 is 1.69 bits per heavy atom. The van der Waals surface area contributed by atoms with Crippen LogP contribution in [0.4, 0.5) is 0 Å². The van der Waals surface area contributed by atoms with Gasteiger partial charge in [0.05, 0.1) is 15.7 Å². The van der Waals surface area contributed by atoms with Crippen molar-refractivity contribution in [1.29, 1.82) is 0 Å². The van der Waals surface area contributed by atoms with E-state index in [0.29, 0.717) is 19.4 Å². The summed E-state index contributed by atoms with van der Waals surface area (Å²) in [5.41, 5.74) is -0.341. The fraction of sp³-hybridized carbons (Fsp3) is 0.632. The number of carbonyl (C=O) groups excluding carboxylic acids is 1. The molecule has 1 aliphatic rings. The van der Waals surface area contributed by atoms with Gasteiger partial charge in [-0.05, 0) is 57.4 Å². The van der Waals surface area contributed by atoms with Crippen molar-refractivity contribution in [3.63, 3.8) is 0 Å². The molecule has 1 N–H and O–H groups in total. The molecule has 0 aliphatic carbocycles. The predicted molar refractivity (Wildman–Crippen MR) is 111 cm³/mol. The number of hydrogen-bond acceptors (Lipinski definition) is 5. The van der Waals surface area contributed by atoms with Crippen molar-refractivity contribution in [3.8, 4) is 0 Å². The first-order valence-electron chi connectivity index (χ1n) is 9.66. The number of piperidine rings is 1. The maximum absolute atomic E-state index is 13.0. The molecule has 1 fully saturated rings. The van der Waals surface area contributed by atoms with Gasteiger partial charge in [-0.2, -0.15) is 4.31 Å². The number of carbonyl (C=O) groups is 1. The van der Waals surface area contributed by atoms with Crippen molar-refractivity contribution in [1.82, 2.24) is 13.9 Å². The minimum atomic E-state index is -3.82. The van der Waals surface area contributed by atoms with Crippen LogP contribution in [0.2, 0.25) is 0 Å². The summed E-state index contributed by atoms with van der Waals surface area (Å²) in [6, 6.07) is 5.19. The fourth-order valence-electron chi connectivity index (χ4n) is 3.04. The van der Waals surface area contributed by atoms with Gasteiger partial charge < -0.3 is 5.32 Å². The molecular weight excluding hydrogens is 414 g/mol. The molecule has 0 bridgehead atoms. The number of amides is 1. The summed E-state index contributed by atoms with van der Waals surface area (Å²) in [6.45, 7) is 6.31. The molecule has 0 unspecified atom stereocenters. The third-order valence-electron chi connectivity index (χ3n) is 5.34. The minimum absolute atomic E-state index is 0.0187. The van der Waals surface area contributed by atoms with Gasteiger partial charge in [0.15, 0.2) is 0 Å². The van der Waals surface area contributed by atoms with E-state index in [0.717, 1.165) is 10.7 Å². The van der Waals surface area contributed by atoms with E-state index in [9.17, 15) is 21.6 Å². The van der Waals surface area contributed by atoms with Gasteiger partial charge in [-0.25, -0.2) is 21.1 Å². The van der Waals surface area contributed by atoms with Crippen molar-refractivity contribution in [2.45, 2.75) is 55.4 Å². The molecule has 0 radical (unpaired) electrons. The number of hydrogen-bond donors (Lipinski definition) is 1. The predicted octanol–water partition coefficient (Wildman–Crippen LogP) is 1.64. The number of benzene rings is 1. The van der Waals surface area contributed by atoms with Gasteiger partial charge in [0.1, 0.15) is 0 Å². The molecule has 29 heavy (non-hydrogen) atoms. The molecule has 1 aromatic rings. The first kappa shape index (κ1) is 23.8. The Kier molecular flexibility index (Phi) is 7.14. The van der Waals surface area contributed by atoms with Crippen molar-refractivity contribution < 1.29 is 21.6 Å². The van der Waals surface area contributed by atoms with Crippen LogP contribution in [-0.2, 0) is 24.8 Å². The molecule has 1 aromatic carbocycles. The highest BCUT2D eigenvalue weighted by Gasteiger charge is 2.34. The lowest BCUT2D eigenvalue weighted by atomic mass is 9.95. The molecule has 1 heterocycles. The van der Waals surface area contributed by atoms with E-state index in [4.69, 9.17) is 0 Å². The van der Waals surface area contributed by atoms with Gasteiger partial charge in [-0.1, -0.05) is 6.92 Å². The summed E-state index contributed by atoms with van der Waals surface area (Å²) < 4.78 is 52.8. The molecule has 1 saturated heterocycles. The van der Waals surface area contributed by atoms with Crippen molar-refractivity contribution in [2.75, 3.05) is 27.2 Å². The van der Waals surface area contributed by atoms with Gasteiger partial charge in [0.2, 0.25) is 26.0 Å². The van der Waals surface area contributed by atoms with Crippen LogP contribution in [0.5, 0.6) is 0 Å². The monoisotopic (exact) mass is 445 g/mol. The number of nitrogens with zero attached hydrogens (tertiary/aromatic N) is 2. The first-order valence-corrected chi connectivity index (χ1v) is 12.5. The normalized spacial score (nSPS) is 19.3. The summed E-state index contributed by atoms with van der Waals surface area (Å²) in [5, 5.41) is 2.99. The molecule has 10 heteroatoms. The SMILES string of the molecule is CCC(C)(C)NC(=O)[C@@H]1CCCN(S(=O)(=O)c2ccc(S(=O)(=O)N(C)C)cc2)C1. The summed E-state index contributed by atoms with van der Waals surface area (Å²) >= 11 is 0. The smallest absolute Gasteiger partial charge is 0.243 e. The van der Waals surface area contributed by atoms with Gasteiger partial charge >= 0.3 is 0 Å². The van der Waals surface area contributed by atoms with Crippen LogP contribution in [0.3, 0.4) is 0 Å². The van der Waals surface area contributed by atoms with E-state index < -0.39 is 26.0 Å². The van der Waals surface area contributed by atoms with Gasteiger partial charge in [0, 0.05) is 32.7 Å². The van der Waals surface area contributed by atoms with E-state index in [2.05, 4.69) is 5.32 Å². The molecule has 0 aromatic heterocycles. The van der Waals surface area contributed by atoms with Crippen molar-refractivity contribution in [3.05, 3.63) is 24.3 Å². The Bertz CT molecular complexity index is 939. The Morgan fingerprint density at radius 3 is 2.21 bits per heavy atom. The molecule has 8 nitrogen and oxygen atoms in total. The molecular formula is C19H31N3O5S2. The van der Waals surface area contributed by atoms with Crippen LogP contribution in [0.25, 0.3) is 0 Å². The molecule has 2 rings (SSSR count). The van der Waals surface area contributed by atoms with Crippen LogP contribution in [-0.4, -0.2) is 64.1 Å². The average Bonchev–Trinajstić information content (AvgIpc) is 2.67. The van der Waals surface area contributed by atoms with Crippen LogP contribution in [0.1, 0.15) is 40.0 Å². The summed E-state index contributed by atoms with van der Waals surface area (Å²) in [4.78, 5) is 12.6. The third kappa shape index (κ3) is 5.36. The molecule has 1 atom stereocenters. The molecule has 0 saturated carbocycles. The Balaban J connectivity index is 2.19. The quantitative estimate of drug-likeness (QED) is 0.687. The van der Waals surface area contributed by atoms with Crippen LogP contribution in [0.15, 0.2) is 34.1 Å². The second kappa shape index (κ2) is 8.71. The van der Waals surface area contributed by atoms with Crippen LogP contribution in [0, 0.1) is 5.92 Å². The molecule has 0 spiro atoms. The Hall–Kier alpha value is -1.49. The standard InChI is InChI=1S/C19H31N3O5S2/c1-6-19(2,3)20-18(23)15-8-7-13-22(14-15)29(26,27)17-11-9-16(10-12-17)28(24,25)21(4)5/h9-12,15H,6-8,13-14H2,1-5H3,(H,20,23)/t15-/m1/s1. The van der Waals surface area contributed by atoms with Crippen molar-refractivity contribution in [2.24, 2.45) is 5.92 Å². The average molecular weight is 446 g/mol. The Morgan fingerprint density at radius 1 is 1.14 bits per heavy atom. The van der Waals surface area contributed by atoms with Gasteiger partial charge in [-0.15, -0.1) is 0 Å². The lowest BCUT2D eigenvalue weighted by Gasteiger charge is -2.33. The Labute approximate surface area is 174 Å². The van der Waals surface area contributed by atoms with E-state index in [-0.39, 0.29) is 27.8 Å². The second-order valence-electron chi connectivity index (χ2n) is 8.19. The highest BCUT2D eigenvalue weighted by atomic mass is 32.2. The van der Waals surface area contributed by atoms with Gasteiger partial charge in [-0.3, -0.25) is 4.79 Å². The number of nitrogens with one attached hydrogen (secondary N) is 1. The van der Waals surface area contributed by atoms with Crippen molar-refractivity contribution >= 4 is 26.0 Å². The topological polar surface area (TPSA) is 104 Å². The highest BCUT2D eigenvalue weighted by molar-refractivity contribution is 7.89. The summed E-state index contributed by atoms with van der Waals surface area (Å²) in [7, 11) is -4.62. The highest BCUT2D eigenvalue weighted by Crippen LogP contribution is 2.26.